The Labute approximate surface area is 111 Å². The molecule has 0 aliphatic carbocycles. The van der Waals surface area contributed by atoms with Crippen LogP contribution >= 0.6 is 0 Å². The number of carbonyl (C=O) groups is 1. The first-order chi connectivity index (χ1) is 9.13. The van der Waals surface area contributed by atoms with Gasteiger partial charge in [-0.05, 0) is 12.5 Å². The molecule has 0 saturated carbocycles. The number of hydrogen-bond acceptors (Lipinski definition) is 6. The third-order valence-electron chi connectivity index (χ3n) is 2.37. The number of rotatable bonds is 6. The Hall–Kier alpha value is -2.49. The lowest BCUT2D eigenvalue weighted by molar-refractivity contribution is 0.0697. The lowest BCUT2D eigenvalue weighted by Gasteiger charge is -2.09. The molecule has 0 unspecified atom stereocenters. The summed E-state index contributed by atoms with van der Waals surface area (Å²) < 4.78 is 0. The van der Waals surface area contributed by atoms with Crippen LogP contribution < -0.4 is 5.32 Å². The molecule has 0 amide bonds. The molecule has 7 nitrogen and oxygen atoms in total. The van der Waals surface area contributed by atoms with Gasteiger partial charge < -0.3 is 10.4 Å². The number of anilines is 1. The zero-order chi connectivity index (χ0) is 14.3. The first-order valence-corrected chi connectivity index (χ1v) is 5.86. The summed E-state index contributed by atoms with van der Waals surface area (Å²) >= 11 is 0. The molecule has 2 N–H and O–H groups in total. The van der Waals surface area contributed by atoms with Crippen LogP contribution in [0, 0.1) is 11.3 Å². The van der Waals surface area contributed by atoms with Crippen LogP contribution in [0.3, 0.4) is 0 Å². The number of nitrogens with one attached hydrogen (secondary N) is 1. The van der Waals surface area contributed by atoms with Crippen LogP contribution in [0.5, 0.6) is 0 Å². The molecule has 19 heavy (non-hydrogen) atoms. The van der Waals surface area contributed by atoms with E-state index in [1.807, 2.05) is 13.0 Å². The highest BCUT2D eigenvalue weighted by Crippen LogP contribution is 2.23. The van der Waals surface area contributed by atoms with E-state index in [9.17, 15) is 4.79 Å². The quantitative estimate of drug-likeness (QED) is 0.603. The molecule has 0 spiro atoms. The summed E-state index contributed by atoms with van der Waals surface area (Å²) in [6.45, 7) is 2.64. The van der Waals surface area contributed by atoms with Crippen molar-refractivity contribution in [3.63, 3.8) is 0 Å². The maximum atomic E-state index is 11.1. The summed E-state index contributed by atoms with van der Waals surface area (Å²) in [6, 6.07) is 3.12. The second-order valence-electron chi connectivity index (χ2n) is 3.75. The van der Waals surface area contributed by atoms with Gasteiger partial charge in [0.1, 0.15) is 17.5 Å². The number of carboxylic acids is 1. The molecular weight excluding hydrogens is 246 g/mol. The van der Waals surface area contributed by atoms with E-state index < -0.39 is 5.97 Å². The van der Waals surface area contributed by atoms with Crippen LogP contribution in [-0.4, -0.2) is 29.7 Å². The monoisotopic (exact) mass is 261 g/mol. The molecule has 1 aromatic heterocycles. The highest BCUT2D eigenvalue weighted by Gasteiger charge is 2.16. The van der Waals surface area contributed by atoms with E-state index in [0.717, 1.165) is 12.8 Å². The largest absolute Gasteiger partial charge is 0.478 e. The number of hydrogen-bond donors (Lipinski definition) is 2. The summed E-state index contributed by atoms with van der Waals surface area (Å²) in [4.78, 5) is 15.2. The SMILES string of the molecule is CCCCNc1nc(N=NC)c(C#N)cc1C(=O)O. The van der Waals surface area contributed by atoms with Gasteiger partial charge in [-0.25, -0.2) is 9.78 Å². The van der Waals surface area contributed by atoms with Crippen molar-refractivity contribution in [3.05, 3.63) is 17.2 Å². The average Bonchev–Trinajstić information content (AvgIpc) is 2.39. The predicted molar refractivity (Wildman–Crippen MR) is 69.7 cm³/mol. The number of aromatic nitrogens is 1. The number of aromatic carboxylic acids is 1. The van der Waals surface area contributed by atoms with Gasteiger partial charge in [0, 0.05) is 13.6 Å². The summed E-state index contributed by atoms with van der Waals surface area (Å²) in [5.74, 6) is -0.806. The molecule has 0 radical (unpaired) electrons. The number of nitriles is 1. The molecule has 0 atom stereocenters. The molecule has 0 aromatic carbocycles. The van der Waals surface area contributed by atoms with Gasteiger partial charge in [-0.3, -0.25) is 0 Å². The van der Waals surface area contributed by atoms with Crippen LogP contribution in [0.25, 0.3) is 0 Å². The van der Waals surface area contributed by atoms with Crippen molar-refractivity contribution in [1.82, 2.24) is 4.98 Å². The Morgan fingerprint density at radius 2 is 2.37 bits per heavy atom. The van der Waals surface area contributed by atoms with Gasteiger partial charge in [-0.2, -0.15) is 10.4 Å². The highest BCUT2D eigenvalue weighted by molar-refractivity contribution is 5.94. The molecule has 1 heterocycles. The van der Waals surface area contributed by atoms with Gasteiger partial charge in [-0.15, -0.1) is 5.11 Å². The molecule has 0 fully saturated rings. The molecule has 0 bridgehead atoms. The van der Waals surface area contributed by atoms with Crippen molar-refractivity contribution < 1.29 is 9.90 Å². The minimum absolute atomic E-state index is 0.0392. The van der Waals surface area contributed by atoms with Gasteiger partial charge >= 0.3 is 5.97 Å². The standard InChI is InChI=1S/C12H15N5O2/c1-3-4-5-15-11-9(12(18)19)6-8(7-13)10(16-11)17-14-2/h6H,3-5H2,1-2H3,(H,15,16)(H,18,19). The van der Waals surface area contributed by atoms with Gasteiger partial charge in [0.2, 0.25) is 0 Å². The average molecular weight is 261 g/mol. The molecule has 1 rings (SSSR count). The normalized spacial score (nSPS) is 10.4. The van der Waals surface area contributed by atoms with Gasteiger partial charge in [0.05, 0.1) is 5.56 Å². The van der Waals surface area contributed by atoms with Crippen molar-refractivity contribution in [2.45, 2.75) is 19.8 Å². The predicted octanol–water partition coefficient (Wildman–Crippen LogP) is 2.58. The highest BCUT2D eigenvalue weighted by atomic mass is 16.4. The van der Waals surface area contributed by atoms with Gasteiger partial charge in [0.15, 0.2) is 5.82 Å². The number of carboxylic acid groups (broad SMARTS) is 1. The van der Waals surface area contributed by atoms with E-state index >= 15 is 0 Å². The van der Waals surface area contributed by atoms with Crippen molar-refractivity contribution >= 4 is 17.6 Å². The Kier molecular flexibility index (Phi) is 5.41. The Morgan fingerprint density at radius 1 is 1.63 bits per heavy atom. The number of azo groups is 1. The first-order valence-electron chi connectivity index (χ1n) is 5.86. The minimum atomic E-state index is -1.14. The maximum absolute atomic E-state index is 11.1. The van der Waals surface area contributed by atoms with Crippen LogP contribution in [0.1, 0.15) is 35.7 Å². The molecule has 0 aliphatic heterocycles. The van der Waals surface area contributed by atoms with E-state index in [2.05, 4.69) is 20.5 Å². The lowest BCUT2D eigenvalue weighted by Crippen LogP contribution is -2.10. The fourth-order valence-corrected chi connectivity index (χ4v) is 1.44. The summed E-state index contributed by atoms with van der Waals surface area (Å²) in [5, 5.41) is 28.3. The Balaban J connectivity index is 3.21. The third kappa shape index (κ3) is 3.74. The second kappa shape index (κ2) is 7.06. The van der Waals surface area contributed by atoms with Crippen LogP contribution in [0.4, 0.5) is 11.6 Å². The molecule has 7 heteroatoms. The number of unbranched alkanes of at least 4 members (excludes halogenated alkanes) is 1. The van der Waals surface area contributed by atoms with E-state index in [0.29, 0.717) is 6.54 Å². The Bertz CT molecular complexity index is 534. The smallest absolute Gasteiger partial charge is 0.339 e. The fraction of sp³-hybridized carbons (Fsp3) is 0.417. The van der Waals surface area contributed by atoms with Crippen molar-refractivity contribution in [2.75, 3.05) is 18.9 Å². The van der Waals surface area contributed by atoms with E-state index in [1.54, 1.807) is 0 Å². The van der Waals surface area contributed by atoms with Crippen LogP contribution in [0.2, 0.25) is 0 Å². The van der Waals surface area contributed by atoms with Gasteiger partial charge in [0.25, 0.3) is 0 Å². The number of nitrogens with zero attached hydrogens (tertiary/aromatic N) is 4. The van der Waals surface area contributed by atoms with Crippen molar-refractivity contribution in [2.24, 2.45) is 10.2 Å². The van der Waals surface area contributed by atoms with E-state index in [1.165, 1.54) is 13.1 Å². The Morgan fingerprint density at radius 3 is 2.89 bits per heavy atom. The molecule has 1 aromatic rings. The maximum Gasteiger partial charge on any atom is 0.339 e. The lowest BCUT2D eigenvalue weighted by atomic mass is 10.1. The summed E-state index contributed by atoms with van der Waals surface area (Å²) in [5.41, 5.74) is 0.0479. The van der Waals surface area contributed by atoms with E-state index in [-0.39, 0.29) is 22.8 Å². The molecule has 100 valence electrons. The van der Waals surface area contributed by atoms with Crippen LogP contribution in [0.15, 0.2) is 16.3 Å². The minimum Gasteiger partial charge on any atom is -0.478 e. The molecule has 0 aliphatic rings. The number of pyridine rings is 1. The summed E-state index contributed by atoms with van der Waals surface area (Å²) in [6.07, 6.45) is 1.87. The van der Waals surface area contributed by atoms with Crippen molar-refractivity contribution in [3.8, 4) is 6.07 Å². The zero-order valence-corrected chi connectivity index (χ0v) is 10.8. The first kappa shape index (κ1) is 14.6. The third-order valence-corrected chi connectivity index (χ3v) is 2.37. The van der Waals surface area contributed by atoms with Crippen LogP contribution in [-0.2, 0) is 0 Å². The van der Waals surface area contributed by atoms with Crippen molar-refractivity contribution in [1.29, 1.82) is 5.26 Å². The molecule has 0 saturated heterocycles. The van der Waals surface area contributed by atoms with Gasteiger partial charge in [-0.1, -0.05) is 13.3 Å². The zero-order valence-electron chi connectivity index (χ0n) is 10.8. The van der Waals surface area contributed by atoms with E-state index in [4.69, 9.17) is 10.4 Å². The molecular formula is C12H15N5O2. The topological polar surface area (TPSA) is 111 Å². The fourth-order valence-electron chi connectivity index (χ4n) is 1.44. The summed E-state index contributed by atoms with van der Waals surface area (Å²) in [7, 11) is 1.46. The second-order valence-corrected chi connectivity index (χ2v) is 3.75.